The highest BCUT2D eigenvalue weighted by molar-refractivity contribution is 7.13. The lowest BCUT2D eigenvalue weighted by Crippen LogP contribution is -2.22. The minimum absolute atomic E-state index is 0.130. The van der Waals surface area contributed by atoms with Crippen LogP contribution < -0.4 is 15.8 Å². The van der Waals surface area contributed by atoms with Crippen molar-refractivity contribution in [1.29, 1.82) is 0 Å². The molecular formula is C18H16F3N5OS. The Balaban J connectivity index is 1.88. The minimum atomic E-state index is -4.63. The molecule has 0 spiro atoms. The normalized spacial score (nSPS) is 12.1. The van der Waals surface area contributed by atoms with Gasteiger partial charge in [-0.25, -0.2) is 9.97 Å². The molecule has 0 radical (unpaired) electrons. The number of nitrogens with one attached hydrogen (secondary N) is 1. The minimum Gasteiger partial charge on any atom is -0.494 e. The second-order valence-electron chi connectivity index (χ2n) is 5.49. The molecule has 0 aliphatic heterocycles. The highest BCUT2D eigenvalue weighted by atomic mass is 32.1. The zero-order valence-corrected chi connectivity index (χ0v) is 15.5. The molecule has 28 heavy (non-hydrogen) atoms. The third-order valence-corrected chi connectivity index (χ3v) is 4.33. The lowest BCUT2D eigenvalue weighted by Gasteiger charge is -2.09. The Morgan fingerprint density at radius 1 is 1.21 bits per heavy atom. The summed E-state index contributed by atoms with van der Waals surface area (Å²) < 4.78 is 44.9. The van der Waals surface area contributed by atoms with E-state index in [0.717, 1.165) is 6.07 Å². The van der Waals surface area contributed by atoms with Crippen LogP contribution in [0.1, 0.15) is 12.6 Å². The Hall–Kier alpha value is -3.14. The Bertz CT molecular complexity index is 956. The molecular weight excluding hydrogens is 391 g/mol. The summed E-state index contributed by atoms with van der Waals surface area (Å²) in [5, 5.41) is 4.53. The predicted octanol–water partition coefficient (Wildman–Crippen LogP) is 4.68. The van der Waals surface area contributed by atoms with Gasteiger partial charge in [0.05, 0.1) is 17.2 Å². The predicted molar refractivity (Wildman–Crippen MR) is 103 cm³/mol. The number of ether oxygens (including phenoxy) is 1. The molecule has 3 N–H and O–H groups in total. The van der Waals surface area contributed by atoms with Gasteiger partial charge in [-0.3, -0.25) is 0 Å². The molecule has 0 atom stereocenters. The van der Waals surface area contributed by atoms with Gasteiger partial charge in [0.15, 0.2) is 5.69 Å². The average Bonchev–Trinajstić information content (AvgIpc) is 3.17. The summed E-state index contributed by atoms with van der Waals surface area (Å²) in [5.74, 6) is 0.167. The summed E-state index contributed by atoms with van der Waals surface area (Å²) >= 11 is 1.27. The van der Waals surface area contributed by atoms with Gasteiger partial charge < -0.3 is 15.8 Å². The molecule has 0 fully saturated rings. The molecule has 6 nitrogen and oxygen atoms in total. The molecule has 0 unspecified atom stereocenters. The van der Waals surface area contributed by atoms with E-state index < -0.39 is 11.9 Å². The number of benzene rings is 1. The number of halogens is 3. The Morgan fingerprint density at radius 2 is 1.96 bits per heavy atom. The highest BCUT2D eigenvalue weighted by Crippen LogP contribution is 2.32. The van der Waals surface area contributed by atoms with Gasteiger partial charge >= 0.3 is 6.18 Å². The van der Waals surface area contributed by atoms with Crippen molar-refractivity contribution >= 4 is 28.9 Å². The summed E-state index contributed by atoms with van der Waals surface area (Å²) in [5.41, 5.74) is 5.45. The number of hydrogen-bond donors (Lipinski definition) is 2. The number of thiophene rings is 1. The summed E-state index contributed by atoms with van der Waals surface area (Å²) in [6.45, 7) is 2.41. The maximum absolute atomic E-state index is 13.2. The molecule has 0 bridgehead atoms. The molecule has 0 saturated carbocycles. The smallest absolute Gasteiger partial charge is 0.433 e. The van der Waals surface area contributed by atoms with Gasteiger partial charge in [-0.1, -0.05) is 6.07 Å². The second kappa shape index (κ2) is 8.26. The van der Waals surface area contributed by atoms with Crippen molar-refractivity contribution in [2.24, 2.45) is 10.7 Å². The standard InChI is InChI=1S/C18H16F3N5OS/c1-2-27-12-7-5-11(6-8-12)23-16(22)26-17-24-13(14-4-3-9-28-14)10-15(25-17)18(19,20)21/h3-10H,2H2,1H3,(H3,22,23,24,25,26). The van der Waals surface area contributed by atoms with Crippen LogP contribution in [-0.2, 0) is 6.18 Å². The van der Waals surface area contributed by atoms with Gasteiger partial charge in [-0.05, 0) is 48.7 Å². The quantitative estimate of drug-likeness (QED) is 0.474. The maximum Gasteiger partial charge on any atom is 0.433 e. The second-order valence-corrected chi connectivity index (χ2v) is 6.44. The van der Waals surface area contributed by atoms with Crippen LogP contribution in [0.2, 0.25) is 0 Å². The first-order valence-electron chi connectivity index (χ1n) is 8.19. The van der Waals surface area contributed by atoms with Crippen molar-refractivity contribution in [1.82, 2.24) is 9.97 Å². The number of guanidine groups is 1. The number of anilines is 1. The van der Waals surface area contributed by atoms with Crippen molar-refractivity contribution in [2.45, 2.75) is 13.1 Å². The summed E-state index contributed by atoms with van der Waals surface area (Å²) in [4.78, 5) is 12.0. The third kappa shape index (κ3) is 4.97. The van der Waals surface area contributed by atoms with Crippen molar-refractivity contribution in [3.05, 3.63) is 53.5 Å². The van der Waals surface area contributed by atoms with Gasteiger partial charge in [0.2, 0.25) is 5.96 Å². The number of hydrogen-bond acceptors (Lipinski definition) is 5. The Morgan fingerprint density at radius 3 is 2.57 bits per heavy atom. The van der Waals surface area contributed by atoms with Crippen LogP contribution in [0.3, 0.4) is 0 Å². The molecule has 1 aromatic carbocycles. The first-order chi connectivity index (χ1) is 13.3. The van der Waals surface area contributed by atoms with E-state index in [1.807, 2.05) is 6.92 Å². The fourth-order valence-corrected chi connectivity index (χ4v) is 2.95. The SMILES string of the molecule is CCOc1ccc(N/C(N)=N/c2nc(-c3cccs3)cc(C(F)(F)F)n2)cc1. The van der Waals surface area contributed by atoms with Crippen LogP contribution >= 0.6 is 11.3 Å². The van der Waals surface area contributed by atoms with Crippen LogP contribution in [-0.4, -0.2) is 22.5 Å². The molecule has 3 rings (SSSR count). The molecule has 146 valence electrons. The van der Waals surface area contributed by atoms with E-state index in [0.29, 0.717) is 22.9 Å². The van der Waals surface area contributed by atoms with Crippen LogP contribution in [0, 0.1) is 0 Å². The fourth-order valence-electron chi connectivity index (χ4n) is 2.27. The van der Waals surface area contributed by atoms with Crippen LogP contribution in [0.25, 0.3) is 10.6 Å². The fraction of sp³-hybridized carbons (Fsp3) is 0.167. The van der Waals surface area contributed by atoms with E-state index in [1.165, 1.54) is 11.3 Å². The molecule has 3 aromatic rings. The van der Waals surface area contributed by atoms with Crippen molar-refractivity contribution < 1.29 is 17.9 Å². The number of rotatable bonds is 5. The number of nitrogens with two attached hydrogens (primary N) is 1. The molecule has 0 aliphatic carbocycles. The summed E-state index contributed by atoms with van der Waals surface area (Å²) in [7, 11) is 0. The van der Waals surface area contributed by atoms with Crippen molar-refractivity contribution in [3.8, 4) is 16.3 Å². The molecule has 0 aliphatic rings. The van der Waals surface area contributed by atoms with E-state index in [-0.39, 0.29) is 17.6 Å². The number of aliphatic imine (C=N–C) groups is 1. The van der Waals surface area contributed by atoms with Gasteiger partial charge in [0.1, 0.15) is 5.75 Å². The van der Waals surface area contributed by atoms with E-state index in [1.54, 1.807) is 41.8 Å². The molecule has 2 aromatic heterocycles. The first kappa shape index (κ1) is 19.6. The maximum atomic E-state index is 13.2. The topological polar surface area (TPSA) is 85.4 Å². The van der Waals surface area contributed by atoms with Crippen LogP contribution in [0.4, 0.5) is 24.8 Å². The van der Waals surface area contributed by atoms with Crippen LogP contribution in [0.15, 0.2) is 52.8 Å². The summed E-state index contributed by atoms with van der Waals surface area (Å²) in [6.07, 6.45) is -4.63. The third-order valence-electron chi connectivity index (χ3n) is 3.44. The lowest BCUT2D eigenvalue weighted by molar-refractivity contribution is -0.141. The van der Waals surface area contributed by atoms with E-state index in [9.17, 15) is 13.2 Å². The molecule has 0 amide bonds. The van der Waals surface area contributed by atoms with Gasteiger partial charge in [0, 0.05) is 5.69 Å². The van der Waals surface area contributed by atoms with E-state index in [2.05, 4.69) is 20.3 Å². The first-order valence-corrected chi connectivity index (χ1v) is 9.07. The molecule has 10 heteroatoms. The monoisotopic (exact) mass is 407 g/mol. The Kier molecular flexibility index (Phi) is 5.78. The number of alkyl halides is 3. The lowest BCUT2D eigenvalue weighted by atomic mass is 10.3. The zero-order chi connectivity index (χ0) is 20.1. The average molecular weight is 407 g/mol. The molecule has 2 heterocycles. The van der Waals surface area contributed by atoms with Crippen LogP contribution in [0.5, 0.6) is 5.75 Å². The van der Waals surface area contributed by atoms with Gasteiger partial charge in [0.25, 0.3) is 5.95 Å². The van der Waals surface area contributed by atoms with E-state index in [4.69, 9.17) is 10.5 Å². The van der Waals surface area contributed by atoms with Gasteiger partial charge in [-0.2, -0.15) is 18.2 Å². The Labute approximate surface area is 162 Å². The largest absolute Gasteiger partial charge is 0.494 e. The highest BCUT2D eigenvalue weighted by Gasteiger charge is 2.34. The zero-order valence-electron chi connectivity index (χ0n) is 14.7. The van der Waals surface area contributed by atoms with Gasteiger partial charge in [-0.15, -0.1) is 11.3 Å². The van der Waals surface area contributed by atoms with E-state index >= 15 is 0 Å². The molecule has 0 saturated heterocycles. The van der Waals surface area contributed by atoms with Crippen molar-refractivity contribution in [3.63, 3.8) is 0 Å². The van der Waals surface area contributed by atoms with Crippen molar-refractivity contribution in [2.75, 3.05) is 11.9 Å². The number of aromatic nitrogens is 2. The summed E-state index contributed by atoms with van der Waals surface area (Å²) in [6, 6.07) is 11.2. The number of nitrogens with zero attached hydrogens (tertiary/aromatic N) is 3.